The smallest absolute Gasteiger partial charge is 0.191 e. The first-order valence-electron chi connectivity index (χ1n) is 12.4. The first-order chi connectivity index (χ1) is 15.6. The number of ether oxygens (including phenoxy) is 1. The molecule has 0 bridgehead atoms. The standard InChI is InChI=1S/C25H39FN4O2.HI/c1-3-27-24(29-22-16-23(32-4-2)25(22)11-5-6-12-25)28-17-18-7-8-21(20(26)15-18)30-13-9-19(31)10-14-30;/h7-8,15,19,22-23,31H,3-6,9-14,16-17H2,1-2H3,(H2,27,28,29);1H. The summed E-state index contributed by atoms with van der Waals surface area (Å²) in [5.41, 5.74) is 1.72. The summed E-state index contributed by atoms with van der Waals surface area (Å²) in [5, 5.41) is 16.7. The van der Waals surface area contributed by atoms with Crippen molar-refractivity contribution in [1.82, 2.24) is 10.6 Å². The number of benzene rings is 1. The summed E-state index contributed by atoms with van der Waals surface area (Å²) in [5.74, 6) is 0.587. The maximum absolute atomic E-state index is 14.8. The van der Waals surface area contributed by atoms with Crippen molar-refractivity contribution in [3.8, 4) is 0 Å². The molecular weight excluding hydrogens is 534 g/mol. The SMILES string of the molecule is CCNC(=NCc1ccc(N2CCC(O)CC2)c(F)c1)NC1CC(OCC)C12CCCC2.I. The number of halogens is 2. The van der Waals surface area contributed by atoms with Gasteiger partial charge < -0.3 is 25.4 Å². The van der Waals surface area contributed by atoms with Crippen molar-refractivity contribution < 1.29 is 14.2 Å². The van der Waals surface area contributed by atoms with Gasteiger partial charge in [-0.25, -0.2) is 9.38 Å². The third-order valence-corrected chi connectivity index (χ3v) is 7.58. The average Bonchev–Trinajstić information content (AvgIpc) is 3.31. The molecule has 2 aliphatic carbocycles. The van der Waals surface area contributed by atoms with Crippen LogP contribution in [0.2, 0.25) is 0 Å². The molecule has 33 heavy (non-hydrogen) atoms. The molecule has 3 fully saturated rings. The van der Waals surface area contributed by atoms with E-state index in [-0.39, 0.29) is 41.3 Å². The number of aliphatic hydroxyl groups excluding tert-OH is 1. The highest BCUT2D eigenvalue weighted by Crippen LogP contribution is 2.54. The van der Waals surface area contributed by atoms with Crippen molar-refractivity contribution in [1.29, 1.82) is 0 Å². The topological polar surface area (TPSA) is 69.1 Å². The number of rotatable bonds is 7. The second kappa shape index (κ2) is 12.0. The second-order valence-corrected chi connectivity index (χ2v) is 9.52. The Bertz CT molecular complexity index is 795. The molecule has 3 aliphatic rings. The molecular formula is C25H40FIN4O2. The molecule has 1 aliphatic heterocycles. The molecule has 6 nitrogen and oxygen atoms in total. The zero-order valence-corrected chi connectivity index (χ0v) is 22.3. The van der Waals surface area contributed by atoms with Crippen molar-refractivity contribution in [3.63, 3.8) is 0 Å². The lowest BCUT2D eigenvalue weighted by molar-refractivity contribution is -0.125. The molecule has 0 amide bonds. The Morgan fingerprint density at radius 1 is 1.24 bits per heavy atom. The van der Waals surface area contributed by atoms with Gasteiger partial charge in [0.15, 0.2) is 5.96 Å². The van der Waals surface area contributed by atoms with Crippen LogP contribution in [0.4, 0.5) is 10.1 Å². The summed E-state index contributed by atoms with van der Waals surface area (Å²) in [6, 6.07) is 5.79. The van der Waals surface area contributed by atoms with E-state index in [0.717, 1.165) is 31.1 Å². The van der Waals surface area contributed by atoms with E-state index in [4.69, 9.17) is 9.73 Å². The summed E-state index contributed by atoms with van der Waals surface area (Å²) in [7, 11) is 0. The molecule has 2 atom stereocenters. The van der Waals surface area contributed by atoms with Crippen LogP contribution in [0.15, 0.2) is 23.2 Å². The van der Waals surface area contributed by atoms with Crippen LogP contribution in [0.1, 0.15) is 64.4 Å². The maximum Gasteiger partial charge on any atom is 0.191 e. The Hall–Kier alpha value is -1.13. The lowest BCUT2D eigenvalue weighted by Crippen LogP contribution is -2.65. The second-order valence-electron chi connectivity index (χ2n) is 9.52. The van der Waals surface area contributed by atoms with E-state index in [0.29, 0.717) is 50.3 Å². The molecule has 2 saturated carbocycles. The van der Waals surface area contributed by atoms with Crippen molar-refractivity contribution in [2.75, 3.05) is 31.1 Å². The molecule has 2 unspecified atom stereocenters. The van der Waals surface area contributed by atoms with Crippen molar-refractivity contribution in [3.05, 3.63) is 29.6 Å². The molecule has 0 aromatic heterocycles. The number of anilines is 1. The molecule has 1 aromatic carbocycles. The van der Waals surface area contributed by atoms with Gasteiger partial charge in [-0.2, -0.15) is 0 Å². The highest BCUT2D eigenvalue weighted by atomic mass is 127. The third-order valence-electron chi connectivity index (χ3n) is 7.58. The maximum atomic E-state index is 14.8. The van der Waals surface area contributed by atoms with Gasteiger partial charge in [-0.1, -0.05) is 18.9 Å². The van der Waals surface area contributed by atoms with Gasteiger partial charge in [0.1, 0.15) is 5.82 Å². The first-order valence-corrected chi connectivity index (χ1v) is 12.4. The fourth-order valence-corrected chi connectivity index (χ4v) is 5.76. The molecule has 3 N–H and O–H groups in total. The van der Waals surface area contributed by atoms with E-state index in [1.54, 1.807) is 6.07 Å². The molecule has 4 rings (SSSR count). The number of hydrogen-bond acceptors (Lipinski definition) is 4. The molecule has 8 heteroatoms. The zero-order chi connectivity index (χ0) is 22.6. The third kappa shape index (κ3) is 5.93. The van der Waals surface area contributed by atoms with Crippen LogP contribution >= 0.6 is 24.0 Å². The molecule has 1 aromatic rings. The molecule has 186 valence electrons. The fraction of sp³-hybridized carbons (Fsp3) is 0.720. The summed E-state index contributed by atoms with van der Waals surface area (Å²) < 4.78 is 20.8. The van der Waals surface area contributed by atoms with Crippen molar-refractivity contribution >= 4 is 35.6 Å². The van der Waals surface area contributed by atoms with E-state index in [1.165, 1.54) is 25.7 Å². The van der Waals surface area contributed by atoms with Crippen LogP contribution < -0.4 is 15.5 Å². The Morgan fingerprint density at radius 3 is 2.61 bits per heavy atom. The summed E-state index contributed by atoms with van der Waals surface area (Å²) in [6.45, 7) is 7.51. The lowest BCUT2D eigenvalue weighted by Gasteiger charge is -2.54. The van der Waals surface area contributed by atoms with Crippen LogP contribution in [-0.4, -0.2) is 55.6 Å². The van der Waals surface area contributed by atoms with Crippen LogP contribution in [-0.2, 0) is 11.3 Å². The Balaban J connectivity index is 0.00000306. The summed E-state index contributed by atoms with van der Waals surface area (Å²) in [6.07, 6.45) is 7.48. The first kappa shape index (κ1) is 26.5. The van der Waals surface area contributed by atoms with Gasteiger partial charge >= 0.3 is 0 Å². The van der Waals surface area contributed by atoms with Gasteiger partial charge in [-0.05, 0) is 63.6 Å². The van der Waals surface area contributed by atoms with Gasteiger partial charge in [0.05, 0.1) is 24.4 Å². The summed E-state index contributed by atoms with van der Waals surface area (Å²) in [4.78, 5) is 6.79. The number of aliphatic imine (C=N–C) groups is 1. The molecule has 0 radical (unpaired) electrons. The predicted molar refractivity (Wildman–Crippen MR) is 142 cm³/mol. The minimum atomic E-state index is -0.261. The summed E-state index contributed by atoms with van der Waals surface area (Å²) >= 11 is 0. The van der Waals surface area contributed by atoms with Crippen LogP contribution in [0.25, 0.3) is 0 Å². The molecule has 1 saturated heterocycles. The van der Waals surface area contributed by atoms with Gasteiger partial charge in [-0.15, -0.1) is 24.0 Å². The van der Waals surface area contributed by atoms with Gasteiger partial charge in [-0.3, -0.25) is 0 Å². The highest BCUT2D eigenvalue weighted by molar-refractivity contribution is 14.0. The van der Waals surface area contributed by atoms with E-state index >= 15 is 0 Å². The Labute approximate surface area is 214 Å². The number of hydrogen-bond donors (Lipinski definition) is 3. The predicted octanol–water partition coefficient (Wildman–Crippen LogP) is 4.20. The van der Waals surface area contributed by atoms with Crippen LogP contribution in [0.5, 0.6) is 0 Å². The number of aliphatic hydroxyl groups is 1. The number of piperidine rings is 1. The number of guanidine groups is 1. The normalized spacial score (nSPS) is 25.0. The van der Waals surface area contributed by atoms with E-state index in [9.17, 15) is 9.50 Å². The minimum absolute atomic E-state index is 0. The van der Waals surface area contributed by atoms with Crippen LogP contribution in [0.3, 0.4) is 0 Å². The lowest BCUT2D eigenvalue weighted by atomic mass is 9.60. The molecule has 1 spiro atoms. The molecule has 1 heterocycles. The zero-order valence-electron chi connectivity index (χ0n) is 20.0. The van der Waals surface area contributed by atoms with E-state index < -0.39 is 0 Å². The van der Waals surface area contributed by atoms with Crippen molar-refractivity contribution in [2.45, 2.75) is 83.6 Å². The van der Waals surface area contributed by atoms with Gasteiger partial charge in [0, 0.05) is 37.7 Å². The van der Waals surface area contributed by atoms with Gasteiger partial charge in [0.25, 0.3) is 0 Å². The van der Waals surface area contributed by atoms with Crippen LogP contribution in [0, 0.1) is 11.2 Å². The van der Waals surface area contributed by atoms with Crippen molar-refractivity contribution in [2.24, 2.45) is 10.4 Å². The number of nitrogens with one attached hydrogen (secondary N) is 2. The largest absolute Gasteiger partial charge is 0.393 e. The monoisotopic (exact) mass is 574 g/mol. The fourth-order valence-electron chi connectivity index (χ4n) is 5.76. The highest BCUT2D eigenvalue weighted by Gasteiger charge is 2.56. The Morgan fingerprint density at radius 2 is 1.97 bits per heavy atom. The Kier molecular flexibility index (Phi) is 9.64. The minimum Gasteiger partial charge on any atom is -0.393 e. The quantitative estimate of drug-likeness (QED) is 0.259. The van der Waals surface area contributed by atoms with E-state index in [1.807, 2.05) is 17.0 Å². The average molecular weight is 575 g/mol. The number of nitrogens with zero attached hydrogens (tertiary/aromatic N) is 2. The van der Waals surface area contributed by atoms with E-state index in [2.05, 4.69) is 24.5 Å². The van der Waals surface area contributed by atoms with Gasteiger partial charge in [0.2, 0.25) is 0 Å².